The summed E-state index contributed by atoms with van der Waals surface area (Å²) in [4.78, 5) is 28.4. The number of aryl methyl sites for hydroxylation is 1. The molecule has 6 rings (SSSR count). The normalized spacial score (nSPS) is 19.5. The highest BCUT2D eigenvalue weighted by Gasteiger charge is 2.28. The van der Waals surface area contributed by atoms with Gasteiger partial charge in [0, 0.05) is 36.8 Å². The zero-order valence-electron chi connectivity index (χ0n) is 26.2. The lowest BCUT2D eigenvalue weighted by atomic mass is 9.88. The molecule has 3 N–H and O–H groups in total. The Morgan fingerprint density at radius 1 is 0.978 bits per heavy atom. The van der Waals surface area contributed by atoms with Crippen LogP contribution >= 0.6 is 12.4 Å². The van der Waals surface area contributed by atoms with Crippen LogP contribution in [0.5, 0.6) is 5.75 Å². The zero-order chi connectivity index (χ0) is 30.5. The first-order valence-electron chi connectivity index (χ1n) is 16.3. The van der Waals surface area contributed by atoms with E-state index in [1.165, 1.54) is 24.0 Å². The highest BCUT2D eigenvalue weighted by molar-refractivity contribution is 5.99. The van der Waals surface area contributed by atoms with Crippen molar-refractivity contribution < 1.29 is 19.4 Å². The predicted octanol–water partition coefficient (Wildman–Crippen LogP) is 5.75. The number of amides is 2. The zero-order valence-corrected chi connectivity index (χ0v) is 27.0. The third kappa shape index (κ3) is 8.07. The number of anilines is 1. The van der Waals surface area contributed by atoms with Gasteiger partial charge in [-0.1, -0.05) is 49.2 Å². The number of carbonyl (C=O) groups excluding carboxylic acids is 2. The van der Waals surface area contributed by atoms with E-state index in [0.717, 1.165) is 61.1 Å². The summed E-state index contributed by atoms with van der Waals surface area (Å²) in [6.45, 7) is 1.06. The molecule has 7 nitrogen and oxygen atoms in total. The van der Waals surface area contributed by atoms with Crippen molar-refractivity contribution in [1.29, 1.82) is 0 Å². The van der Waals surface area contributed by atoms with E-state index in [1.807, 2.05) is 53.4 Å². The number of nitrogens with zero attached hydrogens (tertiary/aromatic N) is 1. The molecular weight excluding hydrogens is 586 g/mol. The molecule has 8 heteroatoms. The summed E-state index contributed by atoms with van der Waals surface area (Å²) in [5.74, 6) is 1.18. The average Bonchev–Trinajstić information content (AvgIpc) is 3.75. The number of ether oxygens (including phenoxy) is 1. The van der Waals surface area contributed by atoms with Gasteiger partial charge in [-0.25, -0.2) is 0 Å². The number of aliphatic hydroxyl groups is 1. The highest BCUT2D eigenvalue weighted by atomic mass is 35.5. The van der Waals surface area contributed by atoms with Crippen LogP contribution in [0.1, 0.15) is 83.5 Å². The number of rotatable bonds is 11. The number of hydrogen-bond donors (Lipinski definition) is 3. The van der Waals surface area contributed by atoms with Crippen LogP contribution in [0.3, 0.4) is 0 Å². The van der Waals surface area contributed by atoms with Gasteiger partial charge in [-0.2, -0.15) is 0 Å². The molecule has 0 aromatic heterocycles. The minimum Gasteiger partial charge on any atom is -0.497 e. The monoisotopic (exact) mass is 631 g/mol. The SMILES string of the molecule is COc1ccc2c(c1)CC(NC[C@@H](O)[C@H](Cc1ccccc1)NC(=O)c1cc(C3CCCC3)cc(N3CCCC3=O)c1)CC2.Cl. The van der Waals surface area contributed by atoms with Crippen LogP contribution in [-0.4, -0.2) is 55.3 Å². The van der Waals surface area contributed by atoms with E-state index < -0.39 is 12.1 Å². The predicted molar refractivity (Wildman–Crippen MR) is 181 cm³/mol. The number of fused-ring (bicyclic) bond motifs is 1. The third-order valence-electron chi connectivity index (χ3n) is 9.75. The van der Waals surface area contributed by atoms with Crippen molar-refractivity contribution in [2.75, 3.05) is 25.1 Å². The van der Waals surface area contributed by atoms with E-state index in [0.29, 0.717) is 37.4 Å². The second-order valence-electron chi connectivity index (χ2n) is 12.8. The van der Waals surface area contributed by atoms with Crippen LogP contribution in [0.25, 0.3) is 0 Å². The molecule has 1 heterocycles. The van der Waals surface area contributed by atoms with Crippen molar-refractivity contribution in [3.63, 3.8) is 0 Å². The van der Waals surface area contributed by atoms with E-state index in [1.54, 1.807) is 7.11 Å². The van der Waals surface area contributed by atoms with Crippen LogP contribution in [0.2, 0.25) is 0 Å². The summed E-state index contributed by atoms with van der Waals surface area (Å²) in [5.41, 5.74) is 6.21. The lowest BCUT2D eigenvalue weighted by Crippen LogP contribution is -2.50. The average molecular weight is 632 g/mol. The standard InChI is InChI=1S/C37H45N3O4.ClH/c1-44-33-16-14-27-13-15-31(20-29(27)23-33)38-24-35(41)34(18-25-8-3-2-4-9-25)39-37(43)30-19-28(26-10-5-6-11-26)21-32(22-30)40-17-7-12-36(40)42;/h2-4,8-9,14,16,19,21-23,26,31,34-35,38,41H,5-7,10-13,15,17-18,20,24H2,1H3,(H,39,43);1H/t31?,34-,35+;/m0./s1. The summed E-state index contributed by atoms with van der Waals surface area (Å²) >= 11 is 0. The fraction of sp³-hybridized carbons (Fsp3) is 0.459. The van der Waals surface area contributed by atoms with Crippen molar-refractivity contribution in [2.45, 2.75) is 88.3 Å². The minimum atomic E-state index is -0.788. The molecule has 0 radical (unpaired) electrons. The van der Waals surface area contributed by atoms with Gasteiger partial charge in [-0.05, 0) is 103 Å². The first-order valence-corrected chi connectivity index (χ1v) is 16.3. The molecule has 1 saturated heterocycles. The molecule has 3 aromatic carbocycles. The van der Waals surface area contributed by atoms with Crippen LogP contribution < -0.4 is 20.3 Å². The Morgan fingerprint density at radius 2 is 1.78 bits per heavy atom. The van der Waals surface area contributed by atoms with Gasteiger partial charge in [-0.3, -0.25) is 9.59 Å². The first kappa shape index (κ1) is 33.0. The van der Waals surface area contributed by atoms with Crippen molar-refractivity contribution in [2.24, 2.45) is 0 Å². The maximum absolute atomic E-state index is 13.9. The molecular formula is C37H46ClN3O4. The molecule has 1 saturated carbocycles. The number of benzene rings is 3. The molecule has 3 atom stereocenters. The summed E-state index contributed by atoms with van der Waals surface area (Å²) in [7, 11) is 1.69. The van der Waals surface area contributed by atoms with Crippen molar-refractivity contribution >= 4 is 29.9 Å². The molecule has 1 unspecified atom stereocenters. The Hall–Kier alpha value is -3.39. The number of methoxy groups -OCH3 is 1. The largest absolute Gasteiger partial charge is 0.497 e. The third-order valence-corrected chi connectivity index (χ3v) is 9.75. The van der Waals surface area contributed by atoms with Crippen LogP contribution in [0.4, 0.5) is 5.69 Å². The smallest absolute Gasteiger partial charge is 0.251 e. The van der Waals surface area contributed by atoms with Crippen LogP contribution in [0.15, 0.2) is 66.7 Å². The lowest BCUT2D eigenvalue weighted by Gasteiger charge is -2.30. The molecule has 2 amide bonds. The first-order chi connectivity index (χ1) is 21.5. The quantitative estimate of drug-likeness (QED) is 0.251. The molecule has 2 aliphatic carbocycles. The molecule has 3 aliphatic rings. The highest BCUT2D eigenvalue weighted by Crippen LogP contribution is 2.37. The van der Waals surface area contributed by atoms with Gasteiger partial charge in [0.25, 0.3) is 5.91 Å². The minimum absolute atomic E-state index is 0. The van der Waals surface area contributed by atoms with E-state index >= 15 is 0 Å². The number of carbonyl (C=O) groups is 2. The topological polar surface area (TPSA) is 90.9 Å². The van der Waals surface area contributed by atoms with Crippen molar-refractivity contribution in [3.8, 4) is 5.75 Å². The van der Waals surface area contributed by atoms with E-state index in [4.69, 9.17) is 4.74 Å². The molecule has 0 spiro atoms. The van der Waals surface area contributed by atoms with Gasteiger partial charge in [0.1, 0.15) is 5.75 Å². The maximum atomic E-state index is 13.9. The van der Waals surface area contributed by atoms with Gasteiger partial charge < -0.3 is 25.4 Å². The number of aliphatic hydroxyl groups excluding tert-OH is 1. The van der Waals surface area contributed by atoms with Gasteiger partial charge in [0.15, 0.2) is 0 Å². The summed E-state index contributed by atoms with van der Waals surface area (Å²) in [6, 6.07) is 22.0. The summed E-state index contributed by atoms with van der Waals surface area (Å²) in [6.07, 6.45) is 8.57. The van der Waals surface area contributed by atoms with E-state index in [-0.39, 0.29) is 30.3 Å². The molecule has 240 valence electrons. The van der Waals surface area contributed by atoms with E-state index in [2.05, 4.69) is 28.8 Å². The molecule has 2 fully saturated rings. The summed E-state index contributed by atoms with van der Waals surface area (Å²) < 4.78 is 5.43. The maximum Gasteiger partial charge on any atom is 0.251 e. The lowest BCUT2D eigenvalue weighted by molar-refractivity contribution is -0.117. The Bertz CT molecular complexity index is 1460. The molecule has 45 heavy (non-hydrogen) atoms. The number of nitrogens with one attached hydrogen (secondary N) is 2. The van der Waals surface area contributed by atoms with Crippen LogP contribution in [0, 0.1) is 0 Å². The molecule has 1 aliphatic heterocycles. The Labute approximate surface area is 273 Å². The fourth-order valence-electron chi connectivity index (χ4n) is 7.20. The van der Waals surface area contributed by atoms with Crippen LogP contribution in [-0.2, 0) is 24.1 Å². The van der Waals surface area contributed by atoms with Gasteiger partial charge >= 0.3 is 0 Å². The van der Waals surface area contributed by atoms with Gasteiger partial charge in [0.2, 0.25) is 5.91 Å². The number of halogens is 1. The fourth-order valence-corrected chi connectivity index (χ4v) is 7.20. The number of hydrogen-bond acceptors (Lipinski definition) is 5. The Balaban J connectivity index is 0.00000400. The summed E-state index contributed by atoms with van der Waals surface area (Å²) in [5, 5.41) is 18.3. The second-order valence-corrected chi connectivity index (χ2v) is 12.8. The van der Waals surface area contributed by atoms with Gasteiger partial charge in [0.05, 0.1) is 19.3 Å². The Morgan fingerprint density at radius 3 is 2.51 bits per heavy atom. The Kier molecular flexibility index (Phi) is 11.2. The molecule has 3 aromatic rings. The van der Waals surface area contributed by atoms with E-state index in [9.17, 15) is 14.7 Å². The molecule has 0 bridgehead atoms. The second kappa shape index (κ2) is 15.3. The van der Waals surface area contributed by atoms with Gasteiger partial charge in [-0.15, -0.1) is 12.4 Å². The van der Waals surface area contributed by atoms with Crippen molar-refractivity contribution in [1.82, 2.24) is 10.6 Å². The van der Waals surface area contributed by atoms with Crippen molar-refractivity contribution in [3.05, 3.63) is 94.5 Å².